The molecular weight excluding hydrogens is 132 g/mol. The number of hydrogen-bond donors (Lipinski definition) is 1. The van der Waals surface area contributed by atoms with Crippen molar-refractivity contribution in [3.63, 3.8) is 0 Å². The summed E-state index contributed by atoms with van der Waals surface area (Å²) in [7, 11) is 0. The minimum atomic E-state index is -0.774. The van der Waals surface area contributed by atoms with Gasteiger partial charge >= 0.3 is 5.97 Å². The van der Waals surface area contributed by atoms with Crippen molar-refractivity contribution in [2.45, 2.75) is 19.8 Å². The third-order valence-corrected chi connectivity index (χ3v) is 0.885. The van der Waals surface area contributed by atoms with Crippen molar-refractivity contribution in [1.29, 1.82) is 0 Å². The average molecular weight is 144 g/mol. The molecule has 0 heterocycles. The molecule has 1 N–H and O–H groups in total. The Morgan fingerprint density at radius 1 is 1.70 bits per heavy atom. The van der Waals surface area contributed by atoms with Gasteiger partial charge in [-0.3, -0.25) is 4.79 Å². The van der Waals surface area contributed by atoms with Gasteiger partial charge < -0.3 is 9.84 Å². The lowest BCUT2D eigenvalue weighted by Gasteiger charge is -1.96. The molecule has 0 rings (SSSR count). The standard InChI is InChI=1S/C7H12O3/c1-2-5-10-6-3-4-7(8)9/h2,5H,3-4,6H2,1H3,(H,8,9). The van der Waals surface area contributed by atoms with Crippen LogP contribution in [0.3, 0.4) is 0 Å². The smallest absolute Gasteiger partial charge is 0.303 e. The highest BCUT2D eigenvalue weighted by Gasteiger charge is 1.93. The molecule has 0 aliphatic rings. The zero-order valence-electron chi connectivity index (χ0n) is 6.04. The highest BCUT2D eigenvalue weighted by molar-refractivity contribution is 5.66. The SMILES string of the molecule is CC=COCCCC(=O)O. The van der Waals surface area contributed by atoms with E-state index < -0.39 is 5.97 Å². The van der Waals surface area contributed by atoms with E-state index in [4.69, 9.17) is 9.84 Å². The largest absolute Gasteiger partial charge is 0.502 e. The molecule has 0 unspecified atom stereocenters. The van der Waals surface area contributed by atoms with E-state index in [1.807, 2.05) is 6.92 Å². The van der Waals surface area contributed by atoms with Crippen molar-refractivity contribution in [3.05, 3.63) is 12.3 Å². The summed E-state index contributed by atoms with van der Waals surface area (Å²) in [6.07, 6.45) is 4.07. The second-order valence-corrected chi connectivity index (χ2v) is 1.84. The Kier molecular flexibility index (Phi) is 5.53. The van der Waals surface area contributed by atoms with Gasteiger partial charge in [0.2, 0.25) is 0 Å². The highest BCUT2D eigenvalue weighted by Crippen LogP contribution is 1.89. The molecule has 0 bridgehead atoms. The maximum Gasteiger partial charge on any atom is 0.303 e. The highest BCUT2D eigenvalue weighted by atomic mass is 16.5. The first-order valence-corrected chi connectivity index (χ1v) is 3.22. The van der Waals surface area contributed by atoms with Crippen molar-refractivity contribution in [2.24, 2.45) is 0 Å². The Morgan fingerprint density at radius 2 is 2.40 bits per heavy atom. The van der Waals surface area contributed by atoms with Crippen molar-refractivity contribution in [3.8, 4) is 0 Å². The third kappa shape index (κ3) is 7.01. The molecule has 0 aromatic heterocycles. The summed E-state index contributed by atoms with van der Waals surface area (Å²) in [4.78, 5) is 9.96. The van der Waals surface area contributed by atoms with Gasteiger partial charge in [-0.2, -0.15) is 0 Å². The molecule has 0 aromatic rings. The molecule has 0 spiro atoms. The first-order valence-electron chi connectivity index (χ1n) is 3.22. The van der Waals surface area contributed by atoms with E-state index in [0.29, 0.717) is 13.0 Å². The second kappa shape index (κ2) is 6.13. The minimum absolute atomic E-state index is 0.178. The summed E-state index contributed by atoms with van der Waals surface area (Å²) in [6.45, 7) is 2.33. The molecule has 0 saturated heterocycles. The topological polar surface area (TPSA) is 46.5 Å². The van der Waals surface area contributed by atoms with Gasteiger partial charge in [0, 0.05) is 6.42 Å². The van der Waals surface area contributed by atoms with Gasteiger partial charge in [-0.15, -0.1) is 0 Å². The normalized spacial score (nSPS) is 10.1. The van der Waals surface area contributed by atoms with E-state index >= 15 is 0 Å². The molecule has 0 aromatic carbocycles. The van der Waals surface area contributed by atoms with Gasteiger partial charge in [-0.05, 0) is 13.3 Å². The predicted octanol–water partition coefficient (Wildman–Crippen LogP) is 1.40. The van der Waals surface area contributed by atoms with Crippen molar-refractivity contribution in [1.82, 2.24) is 0 Å². The fourth-order valence-electron chi connectivity index (χ4n) is 0.471. The molecular formula is C7H12O3. The Balaban J connectivity index is 2.98. The van der Waals surface area contributed by atoms with E-state index in [1.54, 1.807) is 12.3 Å². The molecule has 0 radical (unpaired) electrons. The van der Waals surface area contributed by atoms with Crippen LogP contribution < -0.4 is 0 Å². The first-order chi connectivity index (χ1) is 4.77. The Bertz CT molecular complexity index is 118. The van der Waals surface area contributed by atoms with Crippen LogP contribution >= 0.6 is 0 Å². The number of ether oxygens (including phenoxy) is 1. The molecule has 0 aliphatic carbocycles. The van der Waals surface area contributed by atoms with Crippen molar-refractivity contribution < 1.29 is 14.6 Å². The van der Waals surface area contributed by atoms with E-state index in [9.17, 15) is 4.79 Å². The maximum atomic E-state index is 9.96. The average Bonchev–Trinajstić information content (AvgIpc) is 1.87. The van der Waals surface area contributed by atoms with Crippen LogP contribution in [0.4, 0.5) is 0 Å². The van der Waals surface area contributed by atoms with Crippen LogP contribution in [-0.4, -0.2) is 17.7 Å². The summed E-state index contributed by atoms with van der Waals surface area (Å²) in [5.41, 5.74) is 0. The number of carbonyl (C=O) groups is 1. The number of carboxylic acids is 1. The van der Waals surface area contributed by atoms with Crippen LogP contribution in [0.5, 0.6) is 0 Å². The van der Waals surface area contributed by atoms with Crippen molar-refractivity contribution >= 4 is 5.97 Å². The fraction of sp³-hybridized carbons (Fsp3) is 0.571. The summed E-state index contributed by atoms with van der Waals surface area (Å²) in [6, 6.07) is 0. The summed E-state index contributed by atoms with van der Waals surface area (Å²) < 4.78 is 4.89. The Morgan fingerprint density at radius 3 is 2.90 bits per heavy atom. The first kappa shape index (κ1) is 9.01. The third-order valence-electron chi connectivity index (χ3n) is 0.885. The van der Waals surface area contributed by atoms with Gasteiger partial charge in [-0.1, -0.05) is 6.08 Å². The Hall–Kier alpha value is -0.990. The van der Waals surface area contributed by atoms with Gasteiger partial charge in [0.05, 0.1) is 12.9 Å². The van der Waals surface area contributed by atoms with E-state index in [2.05, 4.69) is 0 Å². The number of rotatable bonds is 5. The second-order valence-electron chi connectivity index (χ2n) is 1.84. The molecule has 3 heteroatoms. The lowest BCUT2D eigenvalue weighted by atomic mass is 10.3. The van der Waals surface area contributed by atoms with Gasteiger partial charge in [0.15, 0.2) is 0 Å². The zero-order valence-corrected chi connectivity index (χ0v) is 6.04. The summed E-state index contributed by atoms with van der Waals surface area (Å²) in [5.74, 6) is -0.774. The number of aliphatic carboxylic acids is 1. The van der Waals surface area contributed by atoms with Crippen LogP contribution in [0.1, 0.15) is 19.8 Å². The molecule has 0 atom stereocenters. The van der Waals surface area contributed by atoms with Gasteiger partial charge in [-0.25, -0.2) is 0 Å². The number of hydrogen-bond acceptors (Lipinski definition) is 2. The molecule has 0 aliphatic heterocycles. The van der Waals surface area contributed by atoms with Crippen LogP contribution in [0.15, 0.2) is 12.3 Å². The van der Waals surface area contributed by atoms with E-state index in [0.717, 1.165) is 0 Å². The lowest BCUT2D eigenvalue weighted by molar-refractivity contribution is -0.137. The monoisotopic (exact) mass is 144 g/mol. The Labute approximate surface area is 60.3 Å². The quantitative estimate of drug-likeness (QED) is 0.468. The van der Waals surface area contributed by atoms with Gasteiger partial charge in [0.1, 0.15) is 0 Å². The van der Waals surface area contributed by atoms with Crippen LogP contribution in [0.25, 0.3) is 0 Å². The summed E-state index contributed by atoms with van der Waals surface area (Å²) in [5, 5.41) is 8.20. The zero-order chi connectivity index (χ0) is 7.82. The van der Waals surface area contributed by atoms with E-state index in [1.165, 1.54) is 0 Å². The van der Waals surface area contributed by atoms with Crippen molar-refractivity contribution in [2.75, 3.05) is 6.61 Å². The molecule has 0 amide bonds. The summed E-state index contributed by atoms with van der Waals surface area (Å²) >= 11 is 0. The lowest BCUT2D eigenvalue weighted by Crippen LogP contribution is -1.97. The fourth-order valence-corrected chi connectivity index (χ4v) is 0.471. The van der Waals surface area contributed by atoms with Crippen LogP contribution in [-0.2, 0) is 9.53 Å². The molecule has 10 heavy (non-hydrogen) atoms. The number of allylic oxidation sites excluding steroid dienone is 1. The van der Waals surface area contributed by atoms with Crippen LogP contribution in [0.2, 0.25) is 0 Å². The molecule has 0 saturated carbocycles. The molecule has 3 nitrogen and oxygen atoms in total. The number of carboxylic acid groups (broad SMARTS) is 1. The molecule has 58 valence electrons. The molecule has 0 fully saturated rings. The van der Waals surface area contributed by atoms with E-state index in [-0.39, 0.29) is 6.42 Å². The van der Waals surface area contributed by atoms with Gasteiger partial charge in [0.25, 0.3) is 0 Å². The maximum absolute atomic E-state index is 9.96. The van der Waals surface area contributed by atoms with Crippen LogP contribution in [0, 0.1) is 0 Å². The predicted molar refractivity (Wildman–Crippen MR) is 37.6 cm³/mol. The minimum Gasteiger partial charge on any atom is -0.502 e.